The molecule has 12 atom stereocenters. The Morgan fingerprint density at radius 3 is 2.45 bits per heavy atom. The summed E-state index contributed by atoms with van der Waals surface area (Å²) in [4.78, 5) is 12.5. The van der Waals surface area contributed by atoms with Crippen LogP contribution in [0, 0.1) is 28.6 Å². The van der Waals surface area contributed by atoms with Crippen LogP contribution in [0.4, 0.5) is 0 Å². The summed E-state index contributed by atoms with van der Waals surface area (Å²) in [6, 6.07) is 0. The van der Waals surface area contributed by atoms with Gasteiger partial charge in [0.1, 0.15) is 17.8 Å². The highest BCUT2D eigenvalue weighted by atomic mass is 16.7. The summed E-state index contributed by atoms with van der Waals surface area (Å²) >= 11 is 0. The van der Waals surface area contributed by atoms with E-state index in [-0.39, 0.29) is 13.0 Å². The van der Waals surface area contributed by atoms with Crippen molar-refractivity contribution in [2.75, 3.05) is 6.61 Å². The summed E-state index contributed by atoms with van der Waals surface area (Å²) in [6.45, 7) is 4.66. The molecule has 5 rings (SSSR count). The van der Waals surface area contributed by atoms with Gasteiger partial charge in [-0.2, -0.15) is 0 Å². The number of fused-ring (bicyclic) bond motifs is 1. The first-order valence-electron chi connectivity index (χ1n) is 10.1. The number of carbonyl (C=O) groups excluding carboxylic acids is 1. The first kappa shape index (κ1) is 19.9. The number of hydrogen-bond acceptors (Lipinski definition) is 9. The van der Waals surface area contributed by atoms with Gasteiger partial charge in [-0.3, -0.25) is 0 Å². The lowest BCUT2D eigenvalue weighted by atomic mass is 9.36. The summed E-state index contributed by atoms with van der Waals surface area (Å²) in [5.74, 6) is -5.78. The molecular formula is C20H28O9. The predicted molar refractivity (Wildman–Crippen MR) is 94.8 cm³/mol. The SMILES string of the molecule is CC1=C[C@H](O)[C@@H](O)[C@]2(C)[C@H]3[C@]4(O)OC[C@@]35[C@@H](C[C@@H]12)OC(=O)[C@H](O)[C@@]5(O)[C@@H](C)[C@H]4O. The molecule has 9 heteroatoms. The number of hydrogen-bond donors (Lipinski definition) is 6. The summed E-state index contributed by atoms with van der Waals surface area (Å²) < 4.78 is 11.3. The maximum absolute atomic E-state index is 12.5. The standard InChI is InChI=1S/C20H28O9/c1-7-4-10(21)13(23)17(3)9(7)5-11-18-6-28-20(27,16(17)18)12(22)8(2)19(18,26)14(24)15(25)29-11/h4,8-14,16,21-24,26-27H,5-6H2,1-3H3/t8-,9-,10-,11+,12+,13+,14-,16+,17+,18+,19-,20+/m0/s1. The molecule has 0 aromatic carbocycles. The molecule has 6 N–H and O–H groups in total. The van der Waals surface area contributed by atoms with Crippen molar-refractivity contribution < 1.29 is 44.9 Å². The van der Waals surface area contributed by atoms with E-state index in [1.54, 1.807) is 13.8 Å². The van der Waals surface area contributed by atoms with E-state index in [0.717, 1.165) is 5.57 Å². The van der Waals surface area contributed by atoms with Crippen LogP contribution in [0.5, 0.6) is 0 Å². The summed E-state index contributed by atoms with van der Waals surface area (Å²) in [6.07, 6.45) is -5.27. The fourth-order valence-electron chi connectivity index (χ4n) is 7.75. The Labute approximate surface area is 167 Å². The van der Waals surface area contributed by atoms with Gasteiger partial charge < -0.3 is 40.1 Å². The van der Waals surface area contributed by atoms with Crippen LogP contribution in [0.1, 0.15) is 27.2 Å². The number of allylic oxidation sites excluding steroid dienone is 1. The third-order valence-corrected chi connectivity index (χ3v) is 9.05. The molecule has 2 saturated heterocycles. The molecule has 4 fully saturated rings. The Kier molecular flexibility index (Phi) is 3.70. The van der Waals surface area contributed by atoms with Crippen molar-refractivity contribution in [2.45, 2.75) is 69.1 Å². The molecule has 2 bridgehead atoms. The van der Waals surface area contributed by atoms with Gasteiger partial charge in [-0.1, -0.05) is 25.5 Å². The van der Waals surface area contributed by atoms with E-state index in [9.17, 15) is 35.4 Å². The zero-order valence-corrected chi connectivity index (χ0v) is 16.5. The van der Waals surface area contributed by atoms with Crippen molar-refractivity contribution in [1.82, 2.24) is 0 Å². The van der Waals surface area contributed by atoms with Crippen LogP contribution in [0.3, 0.4) is 0 Å². The van der Waals surface area contributed by atoms with E-state index in [0.29, 0.717) is 0 Å². The normalized spacial score (nSPS) is 63.3. The lowest BCUT2D eigenvalue weighted by molar-refractivity contribution is -0.379. The smallest absolute Gasteiger partial charge is 0.338 e. The van der Waals surface area contributed by atoms with Crippen LogP contribution in [0.25, 0.3) is 0 Å². The van der Waals surface area contributed by atoms with Gasteiger partial charge in [0.05, 0.1) is 24.2 Å². The number of ether oxygens (including phenoxy) is 2. The molecule has 5 aliphatic rings. The monoisotopic (exact) mass is 412 g/mol. The van der Waals surface area contributed by atoms with Crippen LogP contribution in [0.2, 0.25) is 0 Å². The van der Waals surface area contributed by atoms with Crippen molar-refractivity contribution in [1.29, 1.82) is 0 Å². The number of esters is 1. The lowest BCUT2D eigenvalue weighted by Gasteiger charge is -2.70. The maximum atomic E-state index is 12.5. The fourth-order valence-corrected chi connectivity index (χ4v) is 7.75. The van der Waals surface area contributed by atoms with E-state index in [2.05, 4.69) is 0 Å². The Morgan fingerprint density at radius 1 is 1.14 bits per heavy atom. The van der Waals surface area contributed by atoms with Crippen molar-refractivity contribution in [3.05, 3.63) is 11.6 Å². The molecule has 29 heavy (non-hydrogen) atoms. The zero-order chi connectivity index (χ0) is 21.3. The number of carbonyl (C=O) groups is 1. The van der Waals surface area contributed by atoms with E-state index in [1.807, 2.05) is 0 Å². The summed E-state index contributed by atoms with van der Waals surface area (Å²) in [5.41, 5.74) is -4.08. The van der Waals surface area contributed by atoms with Crippen LogP contribution < -0.4 is 0 Å². The number of rotatable bonds is 0. The Hall–Kier alpha value is -1.07. The van der Waals surface area contributed by atoms with Gasteiger partial charge in [-0.05, 0) is 19.3 Å². The maximum Gasteiger partial charge on any atom is 0.338 e. The van der Waals surface area contributed by atoms with E-state index >= 15 is 0 Å². The second-order valence-corrected chi connectivity index (χ2v) is 9.90. The van der Waals surface area contributed by atoms with Crippen molar-refractivity contribution in [3.63, 3.8) is 0 Å². The Bertz CT molecular complexity index is 814. The van der Waals surface area contributed by atoms with E-state index in [1.165, 1.54) is 13.0 Å². The molecule has 0 aromatic heterocycles. The van der Waals surface area contributed by atoms with Crippen LogP contribution in [-0.2, 0) is 14.3 Å². The minimum absolute atomic E-state index is 0.224. The fraction of sp³-hybridized carbons (Fsp3) is 0.850. The molecule has 3 aliphatic carbocycles. The summed E-state index contributed by atoms with van der Waals surface area (Å²) in [7, 11) is 0. The molecule has 2 aliphatic heterocycles. The molecule has 162 valence electrons. The van der Waals surface area contributed by atoms with Crippen molar-refractivity contribution >= 4 is 5.97 Å². The third-order valence-electron chi connectivity index (χ3n) is 9.05. The van der Waals surface area contributed by atoms with Crippen molar-refractivity contribution in [3.8, 4) is 0 Å². The lowest BCUT2D eigenvalue weighted by Crippen LogP contribution is -2.84. The molecule has 0 unspecified atom stereocenters. The van der Waals surface area contributed by atoms with Crippen LogP contribution in [0.15, 0.2) is 11.6 Å². The first-order chi connectivity index (χ1) is 13.4. The van der Waals surface area contributed by atoms with Gasteiger partial charge in [0, 0.05) is 17.3 Å². The molecule has 2 heterocycles. The Balaban J connectivity index is 1.83. The van der Waals surface area contributed by atoms with Gasteiger partial charge >= 0.3 is 5.97 Å². The van der Waals surface area contributed by atoms with Crippen LogP contribution >= 0.6 is 0 Å². The highest BCUT2D eigenvalue weighted by Crippen LogP contribution is 2.74. The third kappa shape index (κ3) is 1.78. The second-order valence-electron chi connectivity index (χ2n) is 9.90. The molecule has 0 amide bonds. The zero-order valence-electron chi connectivity index (χ0n) is 16.5. The largest absolute Gasteiger partial charge is 0.460 e. The quantitative estimate of drug-likeness (QED) is 0.196. The Morgan fingerprint density at radius 2 is 1.79 bits per heavy atom. The molecule has 9 nitrogen and oxygen atoms in total. The van der Waals surface area contributed by atoms with Crippen LogP contribution in [-0.4, -0.2) is 85.1 Å². The minimum Gasteiger partial charge on any atom is -0.460 e. The summed E-state index contributed by atoms with van der Waals surface area (Å²) in [5, 5.41) is 66.7. The van der Waals surface area contributed by atoms with Gasteiger partial charge in [0.2, 0.25) is 0 Å². The van der Waals surface area contributed by atoms with E-state index in [4.69, 9.17) is 9.47 Å². The average molecular weight is 412 g/mol. The molecule has 0 radical (unpaired) electrons. The number of aliphatic hydroxyl groups excluding tert-OH is 4. The molecule has 0 aromatic rings. The first-order valence-corrected chi connectivity index (χ1v) is 10.1. The highest BCUT2D eigenvalue weighted by Gasteiger charge is 2.87. The van der Waals surface area contributed by atoms with Crippen molar-refractivity contribution in [2.24, 2.45) is 28.6 Å². The highest BCUT2D eigenvalue weighted by molar-refractivity contribution is 5.78. The van der Waals surface area contributed by atoms with E-state index < -0.39 is 76.5 Å². The number of aliphatic hydroxyl groups is 6. The molecular weight excluding hydrogens is 384 g/mol. The molecule has 1 spiro atoms. The van der Waals surface area contributed by atoms with Gasteiger partial charge in [0.25, 0.3) is 0 Å². The van der Waals surface area contributed by atoms with Gasteiger partial charge in [-0.25, -0.2) is 4.79 Å². The minimum atomic E-state index is -2.15. The predicted octanol–water partition coefficient (Wildman–Crippen LogP) is -1.96. The topological polar surface area (TPSA) is 157 Å². The molecule has 2 saturated carbocycles. The van der Waals surface area contributed by atoms with Gasteiger partial charge in [-0.15, -0.1) is 0 Å². The van der Waals surface area contributed by atoms with Gasteiger partial charge in [0.15, 0.2) is 11.9 Å². The second kappa shape index (κ2) is 5.40. The average Bonchev–Trinajstić information content (AvgIpc) is 2.98.